The fourth-order valence-electron chi connectivity index (χ4n) is 1.47. The Bertz CT molecular complexity index is 568. The largest absolute Gasteiger partial charge is 0.332 e. The standard InChI is InChI=1S/C11H10N2O2/c1-8-4-2-3-5-9(8)13-10(14)6-7-12-11(13)15/h2-7H,1H3,(H,12,15). The Morgan fingerprint density at radius 1 is 1.13 bits per heavy atom. The SMILES string of the molecule is Cc1ccccc1-n1c(=O)cc[nH]c1=O. The van der Waals surface area contributed by atoms with Crippen molar-refractivity contribution in [1.82, 2.24) is 9.55 Å². The third kappa shape index (κ3) is 1.61. The van der Waals surface area contributed by atoms with Crippen LogP contribution in [0.5, 0.6) is 0 Å². The van der Waals surface area contributed by atoms with Gasteiger partial charge in [-0.1, -0.05) is 18.2 Å². The van der Waals surface area contributed by atoms with Crippen molar-refractivity contribution in [3.05, 3.63) is 62.9 Å². The summed E-state index contributed by atoms with van der Waals surface area (Å²) in [6, 6.07) is 8.58. The van der Waals surface area contributed by atoms with Crippen LogP contribution in [0.1, 0.15) is 5.56 Å². The van der Waals surface area contributed by atoms with Crippen LogP contribution in [0.2, 0.25) is 0 Å². The summed E-state index contributed by atoms with van der Waals surface area (Å²) in [6.07, 6.45) is 1.35. The van der Waals surface area contributed by atoms with Crippen LogP contribution in [0.4, 0.5) is 0 Å². The Morgan fingerprint density at radius 2 is 1.87 bits per heavy atom. The maximum atomic E-state index is 11.5. The predicted octanol–water partition coefficient (Wildman–Crippen LogP) is 0.834. The Kier molecular flexibility index (Phi) is 2.25. The molecule has 15 heavy (non-hydrogen) atoms. The van der Waals surface area contributed by atoms with Gasteiger partial charge in [-0.3, -0.25) is 4.79 Å². The van der Waals surface area contributed by atoms with Crippen LogP contribution >= 0.6 is 0 Å². The molecule has 1 heterocycles. The predicted molar refractivity (Wildman–Crippen MR) is 57.4 cm³/mol. The van der Waals surface area contributed by atoms with Crippen molar-refractivity contribution in [3.8, 4) is 5.69 Å². The molecule has 0 radical (unpaired) electrons. The van der Waals surface area contributed by atoms with Crippen LogP contribution in [0.3, 0.4) is 0 Å². The number of aryl methyl sites for hydroxylation is 1. The van der Waals surface area contributed by atoms with Crippen LogP contribution in [0.15, 0.2) is 46.1 Å². The van der Waals surface area contributed by atoms with E-state index in [4.69, 9.17) is 0 Å². The monoisotopic (exact) mass is 202 g/mol. The molecule has 0 saturated heterocycles. The first-order valence-electron chi connectivity index (χ1n) is 4.57. The lowest BCUT2D eigenvalue weighted by molar-refractivity contribution is 0.869. The molecular weight excluding hydrogens is 192 g/mol. The van der Waals surface area contributed by atoms with Crippen molar-refractivity contribution >= 4 is 0 Å². The highest BCUT2D eigenvalue weighted by Crippen LogP contribution is 2.08. The molecule has 0 amide bonds. The Balaban J connectivity index is 2.81. The molecule has 0 spiro atoms. The van der Waals surface area contributed by atoms with Gasteiger partial charge in [0.15, 0.2) is 0 Å². The number of aromatic amines is 1. The maximum absolute atomic E-state index is 11.5. The molecule has 1 aromatic heterocycles. The summed E-state index contributed by atoms with van der Waals surface area (Å²) >= 11 is 0. The molecule has 0 aliphatic carbocycles. The van der Waals surface area contributed by atoms with E-state index in [-0.39, 0.29) is 5.56 Å². The average molecular weight is 202 g/mol. The summed E-state index contributed by atoms with van der Waals surface area (Å²) in [6.45, 7) is 1.86. The second-order valence-corrected chi connectivity index (χ2v) is 3.24. The number of para-hydroxylation sites is 1. The number of nitrogens with one attached hydrogen (secondary N) is 1. The van der Waals surface area contributed by atoms with Gasteiger partial charge < -0.3 is 4.98 Å². The number of hydrogen-bond donors (Lipinski definition) is 1. The van der Waals surface area contributed by atoms with Gasteiger partial charge in [0.1, 0.15) is 0 Å². The van der Waals surface area contributed by atoms with E-state index in [1.807, 2.05) is 19.1 Å². The van der Waals surface area contributed by atoms with E-state index in [0.29, 0.717) is 5.69 Å². The van der Waals surface area contributed by atoms with Gasteiger partial charge in [0.2, 0.25) is 0 Å². The smallest absolute Gasteiger partial charge is 0.314 e. The van der Waals surface area contributed by atoms with Gasteiger partial charge in [0, 0.05) is 12.3 Å². The molecule has 4 nitrogen and oxygen atoms in total. The van der Waals surface area contributed by atoms with Gasteiger partial charge in [-0.2, -0.15) is 0 Å². The highest BCUT2D eigenvalue weighted by molar-refractivity contribution is 5.39. The first-order valence-corrected chi connectivity index (χ1v) is 4.57. The minimum absolute atomic E-state index is 0.326. The quantitative estimate of drug-likeness (QED) is 0.744. The molecule has 1 aromatic carbocycles. The van der Waals surface area contributed by atoms with E-state index in [0.717, 1.165) is 10.1 Å². The average Bonchev–Trinajstić information content (AvgIpc) is 2.20. The first-order chi connectivity index (χ1) is 7.20. The third-order valence-electron chi connectivity index (χ3n) is 2.21. The Morgan fingerprint density at radius 3 is 2.53 bits per heavy atom. The normalized spacial score (nSPS) is 10.2. The van der Waals surface area contributed by atoms with Crippen molar-refractivity contribution in [1.29, 1.82) is 0 Å². The van der Waals surface area contributed by atoms with Crippen LogP contribution in [-0.4, -0.2) is 9.55 Å². The molecule has 0 fully saturated rings. The van der Waals surface area contributed by atoms with E-state index in [9.17, 15) is 9.59 Å². The highest BCUT2D eigenvalue weighted by Gasteiger charge is 2.04. The molecule has 0 aliphatic heterocycles. The number of rotatable bonds is 1. The summed E-state index contributed by atoms with van der Waals surface area (Å²) < 4.78 is 1.12. The van der Waals surface area contributed by atoms with Gasteiger partial charge in [-0.15, -0.1) is 0 Å². The van der Waals surface area contributed by atoms with Crippen molar-refractivity contribution in [2.45, 2.75) is 6.92 Å². The lowest BCUT2D eigenvalue weighted by atomic mass is 10.2. The van der Waals surface area contributed by atoms with Crippen LogP contribution in [-0.2, 0) is 0 Å². The summed E-state index contributed by atoms with van der Waals surface area (Å²) in [5.74, 6) is 0. The van der Waals surface area contributed by atoms with E-state index in [2.05, 4.69) is 4.98 Å². The zero-order valence-electron chi connectivity index (χ0n) is 8.23. The van der Waals surface area contributed by atoms with Gasteiger partial charge in [0.25, 0.3) is 5.56 Å². The molecule has 0 atom stereocenters. The zero-order chi connectivity index (χ0) is 10.8. The first kappa shape index (κ1) is 9.45. The van der Waals surface area contributed by atoms with E-state index < -0.39 is 5.69 Å². The van der Waals surface area contributed by atoms with Crippen molar-refractivity contribution in [2.75, 3.05) is 0 Å². The highest BCUT2D eigenvalue weighted by atomic mass is 16.2. The lowest BCUT2D eigenvalue weighted by Crippen LogP contribution is -2.32. The van der Waals surface area contributed by atoms with Crippen molar-refractivity contribution in [2.24, 2.45) is 0 Å². The summed E-state index contributed by atoms with van der Waals surface area (Å²) in [5, 5.41) is 0. The molecule has 2 aromatic rings. The maximum Gasteiger partial charge on any atom is 0.332 e. The number of hydrogen-bond acceptors (Lipinski definition) is 2. The summed E-state index contributed by atoms with van der Waals surface area (Å²) in [7, 11) is 0. The molecule has 76 valence electrons. The van der Waals surface area contributed by atoms with Crippen LogP contribution in [0.25, 0.3) is 5.69 Å². The van der Waals surface area contributed by atoms with E-state index >= 15 is 0 Å². The molecular formula is C11H10N2O2. The van der Waals surface area contributed by atoms with Gasteiger partial charge in [0.05, 0.1) is 5.69 Å². The van der Waals surface area contributed by atoms with Crippen molar-refractivity contribution < 1.29 is 0 Å². The second-order valence-electron chi connectivity index (χ2n) is 3.24. The molecule has 2 rings (SSSR count). The van der Waals surface area contributed by atoms with Gasteiger partial charge in [-0.25, -0.2) is 9.36 Å². The Hall–Kier alpha value is -2.10. The molecule has 0 bridgehead atoms. The number of aromatic nitrogens is 2. The van der Waals surface area contributed by atoms with E-state index in [1.165, 1.54) is 12.3 Å². The number of H-pyrrole nitrogens is 1. The number of benzene rings is 1. The molecule has 0 aliphatic rings. The second kappa shape index (κ2) is 3.57. The topological polar surface area (TPSA) is 54.9 Å². The minimum atomic E-state index is -0.420. The summed E-state index contributed by atoms with van der Waals surface area (Å²) in [4.78, 5) is 25.5. The van der Waals surface area contributed by atoms with Gasteiger partial charge in [-0.05, 0) is 18.6 Å². The number of nitrogens with zero attached hydrogens (tertiary/aromatic N) is 1. The molecule has 0 saturated carbocycles. The fraction of sp³-hybridized carbons (Fsp3) is 0.0909. The minimum Gasteiger partial charge on any atom is -0.314 e. The molecule has 4 heteroatoms. The molecule has 1 N–H and O–H groups in total. The third-order valence-corrected chi connectivity index (χ3v) is 2.21. The van der Waals surface area contributed by atoms with Crippen LogP contribution < -0.4 is 11.2 Å². The van der Waals surface area contributed by atoms with Crippen LogP contribution in [0, 0.1) is 6.92 Å². The Labute approximate surface area is 85.8 Å². The fourth-order valence-corrected chi connectivity index (χ4v) is 1.47. The summed E-state index contributed by atoms with van der Waals surface area (Å²) in [5.41, 5.74) is 0.755. The lowest BCUT2D eigenvalue weighted by Gasteiger charge is -2.06. The van der Waals surface area contributed by atoms with Crippen molar-refractivity contribution in [3.63, 3.8) is 0 Å². The van der Waals surface area contributed by atoms with Gasteiger partial charge >= 0.3 is 5.69 Å². The molecule has 0 unspecified atom stereocenters. The van der Waals surface area contributed by atoms with E-state index in [1.54, 1.807) is 12.1 Å². The zero-order valence-corrected chi connectivity index (χ0v) is 8.23.